The summed E-state index contributed by atoms with van der Waals surface area (Å²) in [6.45, 7) is 1.36. The van der Waals surface area contributed by atoms with E-state index in [1.54, 1.807) is 23.6 Å². The first kappa shape index (κ1) is 15.8. The van der Waals surface area contributed by atoms with E-state index in [9.17, 15) is 18.0 Å². The van der Waals surface area contributed by atoms with E-state index in [0.29, 0.717) is 23.3 Å². The number of aromatic nitrogens is 2. The molecule has 0 radical (unpaired) electrons. The first-order valence-corrected chi connectivity index (χ1v) is 7.64. The van der Waals surface area contributed by atoms with E-state index in [0.717, 1.165) is 18.5 Å². The Balaban J connectivity index is 1.93. The number of halogens is 3. The first-order chi connectivity index (χ1) is 10.9. The molecule has 3 rings (SSSR count). The van der Waals surface area contributed by atoms with Crippen LogP contribution in [0.5, 0.6) is 5.75 Å². The lowest BCUT2D eigenvalue weighted by Gasteiger charge is -2.14. The zero-order chi connectivity index (χ0) is 16.6. The van der Waals surface area contributed by atoms with Crippen molar-refractivity contribution in [1.29, 1.82) is 0 Å². The van der Waals surface area contributed by atoms with Crippen molar-refractivity contribution < 1.29 is 22.7 Å². The number of carbonyl (C=O) groups excluding carboxylic acids is 1. The number of nitrogens with zero attached hydrogens (tertiary/aromatic N) is 2. The van der Waals surface area contributed by atoms with Crippen LogP contribution in [0, 0.1) is 0 Å². The van der Waals surface area contributed by atoms with Crippen LogP contribution in [0.3, 0.4) is 0 Å². The lowest BCUT2D eigenvalue weighted by molar-refractivity contribution is -0.139. The largest absolute Gasteiger partial charge is 0.491 e. The number of pyridine rings is 1. The van der Waals surface area contributed by atoms with E-state index >= 15 is 0 Å². The van der Waals surface area contributed by atoms with Crippen molar-refractivity contribution in [2.75, 3.05) is 6.61 Å². The van der Waals surface area contributed by atoms with Gasteiger partial charge in [-0.25, -0.2) is 4.52 Å². The van der Waals surface area contributed by atoms with Crippen molar-refractivity contribution in [2.45, 2.75) is 44.7 Å². The van der Waals surface area contributed by atoms with Crippen LogP contribution in [0.1, 0.15) is 54.6 Å². The van der Waals surface area contributed by atoms with Crippen LogP contribution in [-0.2, 0) is 0 Å². The van der Waals surface area contributed by atoms with E-state index in [1.165, 1.54) is 6.20 Å². The molecule has 0 N–H and O–H groups in total. The van der Waals surface area contributed by atoms with Gasteiger partial charge in [-0.2, -0.15) is 18.3 Å². The Kier molecular flexibility index (Phi) is 4.04. The Labute approximate surface area is 131 Å². The molecule has 23 heavy (non-hydrogen) atoms. The van der Waals surface area contributed by atoms with Crippen LogP contribution in [0.15, 0.2) is 18.3 Å². The number of hydrogen-bond acceptors (Lipinski definition) is 3. The molecular formula is C16H17F3N2O2. The minimum Gasteiger partial charge on any atom is -0.491 e. The number of ketones is 1. The molecule has 124 valence electrons. The van der Waals surface area contributed by atoms with Crippen molar-refractivity contribution >= 4 is 11.3 Å². The van der Waals surface area contributed by atoms with Gasteiger partial charge in [-0.15, -0.1) is 0 Å². The number of alkyl halides is 3. The minimum atomic E-state index is -4.24. The zero-order valence-electron chi connectivity index (χ0n) is 12.7. The third kappa shape index (κ3) is 3.33. The van der Waals surface area contributed by atoms with Gasteiger partial charge in [0.2, 0.25) is 0 Å². The molecule has 4 nitrogen and oxygen atoms in total. The molecule has 1 aliphatic rings. The summed E-state index contributed by atoms with van der Waals surface area (Å²) in [5, 5.41) is 4.26. The number of Topliss-reactive ketones (excluding diaryl/α,β-unsaturated/α-hetero) is 1. The second kappa shape index (κ2) is 5.86. The second-order valence-electron chi connectivity index (χ2n) is 5.70. The van der Waals surface area contributed by atoms with Gasteiger partial charge in [0, 0.05) is 12.3 Å². The molecule has 0 spiro atoms. The molecule has 0 bridgehead atoms. The predicted molar refractivity (Wildman–Crippen MR) is 78.0 cm³/mol. The van der Waals surface area contributed by atoms with Crippen molar-refractivity contribution in [2.24, 2.45) is 0 Å². The Bertz CT molecular complexity index is 733. The molecule has 1 aliphatic carbocycles. The molecule has 2 aromatic rings. The van der Waals surface area contributed by atoms with Crippen molar-refractivity contribution in [3.8, 4) is 5.75 Å². The summed E-state index contributed by atoms with van der Waals surface area (Å²) < 4.78 is 43.8. The smallest absolute Gasteiger partial charge is 0.392 e. The predicted octanol–water partition coefficient (Wildman–Crippen LogP) is 4.14. The van der Waals surface area contributed by atoms with Crippen LogP contribution < -0.4 is 4.74 Å². The van der Waals surface area contributed by atoms with Gasteiger partial charge in [0.05, 0.1) is 36.0 Å². The highest BCUT2D eigenvalue weighted by Crippen LogP contribution is 2.44. The zero-order valence-corrected chi connectivity index (χ0v) is 12.7. The summed E-state index contributed by atoms with van der Waals surface area (Å²) in [5.41, 5.74) is 1.98. The van der Waals surface area contributed by atoms with Gasteiger partial charge in [-0.05, 0) is 25.0 Å². The molecule has 0 atom stereocenters. The average molecular weight is 326 g/mol. The molecule has 7 heteroatoms. The topological polar surface area (TPSA) is 43.6 Å². The summed E-state index contributed by atoms with van der Waals surface area (Å²) >= 11 is 0. The molecule has 2 heterocycles. The average Bonchev–Trinajstić information content (AvgIpc) is 3.23. The molecule has 2 aromatic heterocycles. The van der Waals surface area contributed by atoms with Gasteiger partial charge in [0.1, 0.15) is 5.75 Å². The summed E-state index contributed by atoms with van der Waals surface area (Å²) in [7, 11) is 0. The Morgan fingerprint density at radius 1 is 1.39 bits per heavy atom. The maximum atomic E-state index is 12.3. The molecule has 1 fully saturated rings. The molecule has 1 saturated carbocycles. The fraction of sp³-hybridized carbons (Fsp3) is 0.500. The van der Waals surface area contributed by atoms with E-state index in [4.69, 9.17) is 4.74 Å². The van der Waals surface area contributed by atoms with Crippen molar-refractivity contribution in [3.63, 3.8) is 0 Å². The summed E-state index contributed by atoms with van der Waals surface area (Å²) in [5.74, 6) is 0.638. The van der Waals surface area contributed by atoms with Gasteiger partial charge in [0.25, 0.3) is 0 Å². The van der Waals surface area contributed by atoms with Gasteiger partial charge >= 0.3 is 6.18 Å². The normalized spacial score (nSPS) is 15.1. The lowest BCUT2D eigenvalue weighted by Crippen LogP contribution is -2.14. The van der Waals surface area contributed by atoms with E-state index in [1.807, 2.05) is 0 Å². The van der Waals surface area contributed by atoms with Crippen LogP contribution in [0.4, 0.5) is 13.2 Å². The van der Waals surface area contributed by atoms with E-state index < -0.39 is 19.2 Å². The van der Waals surface area contributed by atoms with Gasteiger partial charge in [0.15, 0.2) is 5.78 Å². The van der Waals surface area contributed by atoms with Crippen molar-refractivity contribution in [3.05, 3.63) is 29.6 Å². The van der Waals surface area contributed by atoms with E-state index in [2.05, 4.69) is 5.10 Å². The Morgan fingerprint density at radius 2 is 2.13 bits per heavy atom. The monoisotopic (exact) mass is 326 g/mol. The Hall–Kier alpha value is -2.05. The highest BCUT2D eigenvalue weighted by Gasteiger charge is 2.32. The number of hydrogen-bond donors (Lipinski definition) is 0. The van der Waals surface area contributed by atoms with Gasteiger partial charge in [-0.1, -0.05) is 6.92 Å². The second-order valence-corrected chi connectivity index (χ2v) is 5.70. The third-order valence-electron chi connectivity index (χ3n) is 3.91. The van der Waals surface area contributed by atoms with E-state index in [-0.39, 0.29) is 11.7 Å². The quantitative estimate of drug-likeness (QED) is 0.750. The lowest BCUT2D eigenvalue weighted by atomic mass is 10.1. The molecule has 0 amide bonds. The highest BCUT2D eigenvalue weighted by atomic mass is 19.4. The van der Waals surface area contributed by atoms with Gasteiger partial charge in [-0.3, -0.25) is 4.79 Å². The maximum Gasteiger partial charge on any atom is 0.392 e. The van der Waals surface area contributed by atoms with Crippen LogP contribution in [-0.4, -0.2) is 28.2 Å². The standard InChI is InChI=1S/C16H17F3N2O2/c1-2-13(22)11-9-20-21-12(11)5-6-14(15(21)10-3-4-10)23-8-7-16(17,18)19/h5-6,9-10H,2-4,7-8H2,1H3. The molecular weight excluding hydrogens is 309 g/mol. The molecule has 0 aromatic carbocycles. The number of rotatable bonds is 6. The number of ether oxygens (including phenoxy) is 1. The SMILES string of the molecule is CCC(=O)c1cnn2c(C3CC3)c(OCCC(F)(F)F)ccc12. The fourth-order valence-electron chi connectivity index (χ4n) is 2.59. The summed E-state index contributed by atoms with van der Waals surface area (Å²) in [6.07, 6.45) is -1.43. The van der Waals surface area contributed by atoms with Crippen LogP contribution in [0.2, 0.25) is 0 Å². The maximum absolute atomic E-state index is 12.3. The van der Waals surface area contributed by atoms with Crippen LogP contribution in [0.25, 0.3) is 5.52 Å². The molecule has 0 saturated heterocycles. The third-order valence-corrected chi connectivity index (χ3v) is 3.91. The van der Waals surface area contributed by atoms with Crippen molar-refractivity contribution in [1.82, 2.24) is 9.61 Å². The highest BCUT2D eigenvalue weighted by molar-refractivity contribution is 6.02. The summed E-state index contributed by atoms with van der Waals surface area (Å²) in [6, 6.07) is 3.33. The molecule has 0 aliphatic heterocycles. The minimum absolute atomic E-state index is 0.00696. The van der Waals surface area contributed by atoms with Gasteiger partial charge < -0.3 is 4.74 Å². The fourth-order valence-corrected chi connectivity index (χ4v) is 2.59. The summed E-state index contributed by atoms with van der Waals surface area (Å²) in [4.78, 5) is 11.9. The molecule has 0 unspecified atom stereocenters. The first-order valence-electron chi connectivity index (χ1n) is 7.64. The Morgan fingerprint density at radius 3 is 2.74 bits per heavy atom. The number of fused-ring (bicyclic) bond motifs is 1. The number of carbonyl (C=O) groups is 1. The van der Waals surface area contributed by atoms with Crippen LogP contribution >= 0.6 is 0 Å².